The zero-order valence-corrected chi connectivity index (χ0v) is 9.16. The molecule has 0 atom stereocenters. The van der Waals surface area contributed by atoms with Gasteiger partial charge in [0, 0.05) is 20.2 Å². The quantitative estimate of drug-likeness (QED) is 0.757. The number of hydrogen-bond donors (Lipinski definition) is 1. The fourth-order valence-electron chi connectivity index (χ4n) is 1.44. The molecule has 0 spiro atoms. The van der Waals surface area contributed by atoms with Crippen LogP contribution in [0.3, 0.4) is 0 Å². The molecule has 0 aliphatic carbocycles. The Bertz CT molecular complexity index is 317. The minimum absolute atomic E-state index is 0.268. The minimum atomic E-state index is -0.268. The van der Waals surface area contributed by atoms with Crippen LogP contribution in [0.5, 0.6) is 0 Å². The van der Waals surface area contributed by atoms with E-state index >= 15 is 0 Å². The summed E-state index contributed by atoms with van der Waals surface area (Å²) in [5.74, 6) is -0.268. The van der Waals surface area contributed by atoms with Gasteiger partial charge >= 0.3 is 0 Å². The van der Waals surface area contributed by atoms with E-state index in [0.717, 1.165) is 12.2 Å². The lowest BCUT2D eigenvalue weighted by Gasteiger charge is -2.24. The number of ether oxygens (including phenoxy) is 1. The van der Waals surface area contributed by atoms with Crippen LogP contribution in [0.25, 0.3) is 0 Å². The third kappa shape index (κ3) is 3.09. The highest BCUT2D eigenvalue weighted by Crippen LogP contribution is 2.23. The number of halogens is 1. The monoisotopic (exact) mass is 212 g/mol. The standard InChI is InChI=1S/C11H17FN2O/c1-3-14(6-7-15-2)11-8-9(12)4-5-10(11)13/h4-5,8H,3,6-7,13H2,1-2H3. The fourth-order valence-corrected chi connectivity index (χ4v) is 1.44. The maximum Gasteiger partial charge on any atom is 0.125 e. The molecule has 0 aliphatic rings. The normalized spacial score (nSPS) is 10.3. The zero-order valence-electron chi connectivity index (χ0n) is 9.16. The summed E-state index contributed by atoms with van der Waals surface area (Å²) < 4.78 is 18.0. The molecule has 0 heterocycles. The van der Waals surface area contributed by atoms with Gasteiger partial charge in [-0.05, 0) is 25.1 Å². The average Bonchev–Trinajstić information content (AvgIpc) is 2.24. The van der Waals surface area contributed by atoms with E-state index in [1.54, 1.807) is 13.2 Å². The SMILES string of the molecule is CCN(CCOC)c1cc(F)ccc1N. The van der Waals surface area contributed by atoms with Crippen molar-refractivity contribution in [2.45, 2.75) is 6.92 Å². The molecule has 2 N–H and O–H groups in total. The molecule has 0 radical (unpaired) electrons. The van der Waals surface area contributed by atoms with Crippen LogP contribution in [0.2, 0.25) is 0 Å². The summed E-state index contributed by atoms with van der Waals surface area (Å²) in [5, 5.41) is 0. The molecule has 0 aromatic heterocycles. The van der Waals surface area contributed by atoms with Gasteiger partial charge in [0.15, 0.2) is 0 Å². The lowest BCUT2D eigenvalue weighted by Crippen LogP contribution is -2.27. The summed E-state index contributed by atoms with van der Waals surface area (Å²) in [6.45, 7) is 4.08. The van der Waals surface area contributed by atoms with Crippen molar-refractivity contribution in [3.8, 4) is 0 Å². The van der Waals surface area contributed by atoms with Crippen molar-refractivity contribution in [3.63, 3.8) is 0 Å². The second-order valence-corrected chi connectivity index (χ2v) is 3.28. The Labute approximate surface area is 89.6 Å². The fraction of sp³-hybridized carbons (Fsp3) is 0.455. The maximum atomic E-state index is 13.1. The van der Waals surface area contributed by atoms with E-state index in [9.17, 15) is 4.39 Å². The summed E-state index contributed by atoms with van der Waals surface area (Å²) in [6.07, 6.45) is 0. The molecule has 0 fully saturated rings. The largest absolute Gasteiger partial charge is 0.397 e. The number of nitrogens with zero attached hydrogens (tertiary/aromatic N) is 1. The van der Waals surface area contributed by atoms with Gasteiger partial charge in [0.2, 0.25) is 0 Å². The molecule has 0 saturated heterocycles. The van der Waals surface area contributed by atoms with E-state index in [-0.39, 0.29) is 5.82 Å². The molecule has 0 unspecified atom stereocenters. The summed E-state index contributed by atoms with van der Waals surface area (Å²) in [6, 6.07) is 4.40. The molecule has 84 valence electrons. The molecule has 0 aliphatic heterocycles. The second kappa shape index (κ2) is 5.56. The van der Waals surface area contributed by atoms with E-state index in [1.807, 2.05) is 11.8 Å². The number of anilines is 2. The molecule has 15 heavy (non-hydrogen) atoms. The third-order valence-corrected chi connectivity index (χ3v) is 2.28. The number of nitrogen functional groups attached to an aromatic ring is 1. The first kappa shape index (κ1) is 11.8. The van der Waals surface area contributed by atoms with Crippen molar-refractivity contribution in [2.24, 2.45) is 0 Å². The molecule has 1 aromatic rings. The van der Waals surface area contributed by atoms with Gasteiger partial charge in [-0.2, -0.15) is 0 Å². The van der Waals surface area contributed by atoms with Crippen LogP contribution in [0, 0.1) is 5.82 Å². The zero-order chi connectivity index (χ0) is 11.3. The van der Waals surface area contributed by atoms with E-state index in [1.165, 1.54) is 12.1 Å². The summed E-state index contributed by atoms with van der Waals surface area (Å²) >= 11 is 0. The lowest BCUT2D eigenvalue weighted by molar-refractivity contribution is 0.205. The molecule has 0 saturated carbocycles. The number of likely N-dealkylation sites (N-methyl/N-ethyl adjacent to an activating group) is 1. The van der Waals surface area contributed by atoms with Crippen LogP contribution >= 0.6 is 0 Å². The Kier molecular flexibility index (Phi) is 4.37. The predicted octanol–water partition coefficient (Wildman–Crippen LogP) is 1.88. The van der Waals surface area contributed by atoms with E-state index in [2.05, 4.69) is 0 Å². The van der Waals surface area contributed by atoms with Gasteiger partial charge in [-0.1, -0.05) is 0 Å². The molecule has 4 heteroatoms. The molecule has 3 nitrogen and oxygen atoms in total. The first-order valence-electron chi connectivity index (χ1n) is 4.98. The first-order chi connectivity index (χ1) is 7.19. The second-order valence-electron chi connectivity index (χ2n) is 3.28. The van der Waals surface area contributed by atoms with Crippen molar-refractivity contribution >= 4 is 11.4 Å². The highest BCUT2D eigenvalue weighted by Gasteiger charge is 2.08. The van der Waals surface area contributed by atoms with Crippen LogP contribution in [0.4, 0.5) is 15.8 Å². The Morgan fingerprint density at radius 3 is 2.80 bits per heavy atom. The molecular formula is C11H17FN2O. The van der Waals surface area contributed by atoms with Crippen LogP contribution < -0.4 is 10.6 Å². The predicted molar refractivity (Wildman–Crippen MR) is 60.6 cm³/mol. The van der Waals surface area contributed by atoms with Gasteiger partial charge in [-0.25, -0.2) is 4.39 Å². The summed E-state index contributed by atoms with van der Waals surface area (Å²) in [5.41, 5.74) is 7.11. The van der Waals surface area contributed by atoms with Crippen LogP contribution in [0.1, 0.15) is 6.92 Å². The van der Waals surface area contributed by atoms with Gasteiger partial charge in [0.1, 0.15) is 5.82 Å². The Balaban J connectivity index is 2.85. The number of hydrogen-bond acceptors (Lipinski definition) is 3. The third-order valence-electron chi connectivity index (χ3n) is 2.28. The maximum absolute atomic E-state index is 13.1. The molecule has 0 amide bonds. The summed E-state index contributed by atoms with van der Waals surface area (Å²) in [7, 11) is 1.64. The van der Waals surface area contributed by atoms with Gasteiger partial charge in [-0.3, -0.25) is 0 Å². The smallest absolute Gasteiger partial charge is 0.125 e. The minimum Gasteiger partial charge on any atom is -0.397 e. The molecule has 1 aromatic carbocycles. The van der Waals surface area contributed by atoms with Gasteiger partial charge in [-0.15, -0.1) is 0 Å². The van der Waals surface area contributed by atoms with Crippen molar-refractivity contribution in [3.05, 3.63) is 24.0 Å². The highest BCUT2D eigenvalue weighted by molar-refractivity contribution is 5.67. The molecule has 0 bridgehead atoms. The van der Waals surface area contributed by atoms with Crippen molar-refractivity contribution in [1.82, 2.24) is 0 Å². The van der Waals surface area contributed by atoms with Crippen molar-refractivity contribution in [1.29, 1.82) is 0 Å². The van der Waals surface area contributed by atoms with Crippen molar-refractivity contribution < 1.29 is 9.13 Å². The number of benzene rings is 1. The van der Waals surface area contributed by atoms with E-state index < -0.39 is 0 Å². The van der Waals surface area contributed by atoms with Gasteiger partial charge in [0.25, 0.3) is 0 Å². The number of nitrogens with two attached hydrogens (primary N) is 1. The van der Waals surface area contributed by atoms with Gasteiger partial charge < -0.3 is 15.4 Å². The van der Waals surface area contributed by atoms with Crippen LogP contribution in [-0.2, 0) is 4.74 Å². The van der Waals surface area contributed by atoms with Crippen molar-refractivity contribution in [2.75, 3.05) is 37.4 Å². The van der Waals surface area contributed by atoms with E-state index in [4.69, 9.17) is 10.5 Å². The van der Waals surface area contributed by atoms with Gasteiger partial charge in [0.05, 0.1) is 18.0 Å². The Morgan fingerprint density at radius 1 is 1.47 bits per heavy atom. The topological polar surface area (TPSA) is 38.5 Å². The number of rotatable bonds is 5. The lowest BCUT2D eigenvalue weighted by atomic mass is 10.2. The van der Waals surface area contributed by atoms with Crippen LogP contribution in [0.15, 0.2) is 18.2 Å². The summed E-state index contributed by atoms with van der Waals surface area (Å²) in [4.78, 5) is 1.99. The average molecular weight is 212 g/mol. The Hall–Kier alpha value is -1.29. The first-order valence-corrected chi connectivity index (χ1v) is 4.98. The van der Waals surface area contributed by atoms with Crippen LogP contribution in [-0.4, -0.2) is 26.8 Å². The number of methoxy groups -OCH3 is 1. The highest BCUT2D eigenvalue weighted by atomic mass is 19.1. The van der Waals surface area contributed by atoms with E-state index in [0.29, 0.717) is 18.8 Å². The molecule has 1 rings (SSSR count). The Morgan fingerprint density at radius 2 is 2.20 bits per heavy atom. The molecular weight excluding hydrogens is 195 g/mol.